The summed E-state index contributed by atoms with van der Waals surface area (Å²) in [7, 11) is 0. The number of esters is 1. The Morgan fingerprint density at radius 3 is 2.48 bits per heavy atom. The first-order chi connectivity index (χ1) is 11.9. The molecule has 0 amide bonds. The van der Waals surface area contributed by atoms with Gasteiger partial charge in [0.05, 0.1) is 6.61 Å². The number of ether oxygens (including phenoxy) is 2. The van der Waals surface area contributed by atoms with Crippen LogP contribution in [0.2, 0.25) is 0 Å². The van der Waals surface area contributed by atoms with Crippen molar-refractivity contribution in [1.29, 1.82) is 0 Å². The molecule has 0 bridgehead atoms. The summed E-state index contributed by atoms with van der Waals surface area (Å²) in [6.07, 6.45) is 7.70. The maximum atomic E-state index is 11.9. The summed E-state index contributed by atoms with van der Waals surface area (Å²) in [5, 5.41) is 0. The Bertz CT molecular complexity index is 522. The van der Waals surface area contributed by atoms with Crippen molar-refractivity contribution in [2.45, 2.75) is 64.4 Å². The van der Waals surface area contributed by atoms with E-state index >= 15 is 0 Å². The summed E-state index contributed by atoms with van der Waals surface area (Å²) in [4.78, 5) is 11.9. The number of benzene rings is 1. The van der Waals surface area contributed by atoms with Gasteiger partial charge in [-0.1, -0.05) is 31.1 Å². The van der Waals surface area contributed by atoms with E-state index in [1.807, 2.05) is 30.3 Å². The highest BCUT2D eigenvalue weighted by molar-refractivity contribution is 5.79. The zero-order valence-corrected chi connectivity index (χ0v) is 15.9. The highest BCUT2D eigenvalue weighted by atomic mass is 16.6. The third-order valence-electron chi connectivity index (χ3n) is 4.24. The molecule has 0 saturated carbocycles. The molecule has 140 valence electrons. The van der Waals surface area contributed by atoms with Crippen molar-refractivity contribution in [3.8, 4) is 5.75 Å². The van der Waals surface area contributed by atoms with Gasteiger partial charge >= 0.3 is 5.97 Å². The molecule has 0 saturated heterocycles. The topological polar surface area (TPSA) is 61.5 Å². The zero-order valence-electron chi connectivity index (χ0n) is 15.9. The minimum Gasteiger partial charge on any atom is -0.476 e. The summed E-state index contributed by atoms with van der Waals surface area (Å²) < 4.78 is 10.8. The van der Waals surface area contributed by atoms with Crippen LogP contribution in [0.1, 0.15) is 64.4 Å². The van der Waals surface area contributed by atoms with Crippen LogP contribution in [-0.4, -0.2) is 24.7 Å². The number of hydrogen-bond donors (Lipinski definition) is 1. The molecule has 0 spiro atoms. The predicted octanol–water partition coefficient (Wildman–Crippen LogP) is 4.59. The number of allylic oxidation sites excluding steroid dienone is 1. The average molecular weight is 347 g/mol. The molecule has 1 unspecified atom stereocenters. The molecule has 0 aliphatic rings. The van der Waals surface area contributed by atoms with Crippen molar-refractivity contribution in [2.24, 2.45) is 5.73 Å². The Kier molecular flexibility index (Phi) is 9.28. The predicted molar refractivity (Wildman–Crippen MR) is 103 cm³/mol. The van der Waals surface area contributed by atoms with Gasteiger partial charge in [0.2, 0.25) is 0 Å². The maximum Gasteiger partial charge on any atom is 0.349 e. The van der Waals surface area contributed by atoms with Gasteiger partial charge in [-0.25, -0.2) is 4.79 Å². The lowest BCUT2D eigenvalue weighted by Gasteiger charge is -2.24. The van der Waals surface area contributed by atoms with Crippen LogP contribution in [0.4, 0.5) is 0 Å². The molecule has 4 heteroatoms. The van der Waals surface area contributed by atoms with E-state index in [2.05, 4.69) is 6.58 Å². The Morgan fingerprint density at radius 1 is 1.24 bits per heavy atom. The first-order valence-electron chi connectivity index (χ1n) is 9.21. The molecule has 0 aliphatic heterocycles. The summed E-state index contributed by atoms with van der Waals surface area (Å²) in [5.41, 5.74) is 6.16. The zero-order chi connectivity index (χ0) is 18.7. The van der Waals surface area contributed by atoms with Gasteiger partial charge in [0.1, 0.15) is 5.75 Å². The van der Waals surface area contributed by atoms with Crippen LogP contribution in [0.3, 0.4) is 0 Å². The Labute approximate surface area is 152 Å². The van der Waals surface area contributed by atoms with E-state index < -0.39 is 5.60 Å². The number of rotatable bonds is 12. The van der Waals surface area contributed by atoms with E-state index in [4.69, 9.17) is 15.2 Å². The normalized spacial score (nSPS) is 12.5. The van der Waals surface area contributed by atoms with E-state index in [1.165, 1.54) is 24.8 Å². The smallest absolute Gasteiger partial charge is 0.349 e. The van der Waals surface area contributed by atoms with E-state index in [-0.39, 0.29) is 5.97 Å². The third-order valence-corrected chi connectivity index (χ3v) is 4.24. The molecular formula is C21H33NO3. The molecular weight excluding hydrogens is 314 g/mol. The fourth-order valence-corrected chi connectivity index (χ4v) is 2.73. The lowest BCUT2D eigenvalue weighted by Crippen LogP contribution is -2.39. The van der Waals surface area contributed by atoms with Crippen LogP contribution in [0.25, 0.3) is 0 Å². The highest BCUT2D eigenvalue weighted by Gasteiger charge is 2.31. The highest BCUT2D eigenvalue weighted by Crippen LogP contribution is 2.26. The van der Waals surface area contributed by atoms with Crippen molar-refractivity contribution in [2.75, 3.05) is 13.2 Å². The first kappa shape index (κ1) is 21.2. The van der Waals surface area contributed by atoms with Gasteiger partial charge in [-0.15, -0.1) is 6.58 Å². The van der Waals surface area contributed by atoms with E-state index in [1.54, 1.807) is 20.8 Å². The standard InChI is InChI=1S/C21H33NO3/c1-5-7-8-9-10-11-18(16-22)17-12-14-19(15-13-17)25-21(3,4)20(23)24-6-2/h5,12-15,18H,1,6-11,16,22H2,2-4H3. The molecule has 0 radical (unpaired) electrons. The summed E-state index contributed by atoms with van der Waals surface area (Å²) in [5.74, 6) is 0.651. The minimum absolute atomic E-state index is 0.343. The molecule has 0 aromatic heterocycles. The molecule has 4 nitrogen and oxygen atoms in total. The van der Waals surface area contributed by atoms with E-state index in [0.29, 0.717) is 24.8 Å². The van der Waals surface area contributed by atoms with Crippen molar-refractivity contribution >= 4 is 5.97 Å². The molecule has 1 rings (SSSR count). The summed E-state index contributed by atoms with van der Waals surface area (Å²) >= 11 is 0. The third kappa shape index (κ3) is 7.30. The minimum atomic E-state index is -1.00. The molecule has 1 aromatic rings. The Balaban J connectivity index is 2.61. The first-order valence-corrected chi connectivity index (χ1v) is 9.21. The lowest BCUT2D eigenvalue weighted by molar-refractivity contribution is -0.158. The molecule has 0 aliphatic carbocycles. The van der Waals surface area contributed by atoms with E-state index in [9.17, 15) is 4.79 Å². The maximum absolute atomic E-state index is 11.9. The van der Waals surface area contributed by atoms with Crippen LogP contribution in [-0.2, 0) is 9.53 Å². The van der Waals surface area contributed by atoms with Gasteiger partial charge < -0.3 is 15.2 Å². The SMILES string of the molecule is C=CCCCCCC(CN)c1ccc(OC(C)(C)C(=O)OCC)cc1. The van der Waals surface area contributed by atoms with Crippen LogP contribution in [0, 0.1) is 0 Å². The van der Waals surface area contributed by atoms with Crippen LogP contribution in [0.5, 0.6) is 5.75 Å². The van der Waals surface area contributed by atoms with Crippen molar-refractivity contribution in [3.63, 3.8) is 0 Å². The van der Waals surface area contributed by atoms with Gasteiger partial charge in [-0.05, 0) is 70.2 Å². The lowest BCUT2D eigenvalue weighted by atomic mass is 9.93. The fourth-order valence-electron chi connectivity index (χ4n) is 2.73. The van der Waals surface area contributed by atoms with Gasteiger partial charge in [-0.2, -0.15) is 0 Å². The molecule has 25 heavy (non-hydrogen) atoms. The Morgan fingerprint density at radius 2 is 1.92 bits per heavy atom. The Hall–Kier alpha value is -1.81. The number of hydrogen-bond acceptors (Lipinski definition) is 4. The van der Waals surface area contributed by atoms with Crippen molar-refractivity contribution in [3.05, 3.63) is 42.5 Å². The van der Waals surface area contributed by atoms with E-state index in [0.717, 1.165) is 12.8 Å². The van der Waals surface area contributed by atoms with Crippen LogP contribution in [0.15, 0.2) is 36.9 Å². The summed E-state index contributed by atoms with van der Waals surface area (Å²) in [6.45, 7) is 9.94. The van der Waals surface area contributed by atoms with Crippen LogP contribution >= 0.6 is 0 Å². The second-order valence-electron chi connectivity index (χ2n) is 6.76. The summed E-state index contributed by atoms with van der Waals surface area (Å²) in [6, 6.07) is 7.88. The molecule has 1 aromatic carbocycles. The molecule has 0 fully saturated rings. The van der Waals surface area contributed by atoms with Crippen LogP contribution < -0.4 is 10.5 Å². The van der Waals surface area contributed by atoms with Gasteiger partial charge in [0.15, 0.2) is 5.60 Å². The van der Waals surface area contributed by atoms with Crippen molar-refractivity contribution in [1.82, 2.24) is 0 Å². The largest absolute Gasteiger partial charge is 0.476 e. The quantitative estimate of drug-likeness (QED) is 0.341. The van der Waals surface area contributed by atoms with Gasteiger partial charge in [0.25, 0.3) is 0 Å². The second kappa shape index (κ2) is 10.9. The van der Waals surface area contributed by atoms with Gasteiger partial charge in [-0.3, -0.25) is 0 Å². The monoisotopic (exact) mass is 347 g/mol. The molecule has 2 N–H and O–H groups in total. The fraction of sp³-hybridized carbons (Fsp3) is 0.571. The second-order valence-corrected chi connectivity index (χ2v) is 6.76. The van der Waals surface area contributed by atoms with Crippen molar-refractivity contribution < 1.29 is 14.3 Å². The number of carbonyl (C=O) groups excluding carboxylic acids is 1. The molecule has 1 atom stereocenters. The number of carbonyl (C=O) groups is 1. The number of nitrogens with two attached hydrogens (primary N) is 1. The van der Waals surface area contributed by atoms with Gasteiger partial charge in [0, 0.05) is 0 Å². The average Bonchev–Trinajstić information content (AvgIpc) is 2.59. The number of unbranched alkanes of at least 4 members (excludes halogenated alkanes) is 3. The molecule has 0 heterocycles.